The van der Waals surface area contributed by atoms with Crippen LogP contribution < -0.4 is 0 Å². The number of likely N-dealkylation sites (tertiary alicyclic amines) is 1. The summed E-state index contributed by atoms with van der Waals surface area (Å²) in [6.07, 6.45) is 1.68. The van der Waals surface area contributed by atoms with Crippen LogP contribution in [0.4, 0.5) is 0 Å². The summed E-state index contributed by atoms with van der Waals surface area (Å²) in [6, 6.07) is 0. The summed E-state index contributed by atoms with van der Waals surface area (Å²) >= 11 is 6.75. The molecule has 1 aliphatic rings. The standard InChI is InChI=1S/C9H16N2OS2/c1-7(14-9(13)10(2)3)11-6-4-5-8(11)12/h7H,4-6H2,1-3H3/t7-/m0/s1. The molecule has 1 fully saturated rings. The Balaban J connectivity index is 2.45. The lowest BCUT2D eigenvalue weighted by atomic mass is 10.4. The van der Waals surface area contributed by atoms with E-state index in [1.807, 2.05) is 30.8 Å². The van der Waals surface area contributed by atoms with Gasteiger partial charge in [0, 0.05) is 27.1 Å². The van der Waals surface area contributed by atoms with Gasteiger partial charge in [0.05, 0.1) is 5.37 Å². The van der Waals surface area contributed by atoms with Crippen molar-refractivity contribution in [3.05, 3.63) is 0 Å². The molecule has 3 nitrogen and oxygen atoms in total. The molecule has 0 radical (unpaired) electrons. The number of thioether (sulfide) groups is 1. The van der Waals surface area contributed by atoms with E-state index in [0.29, 0.717) is 6.42 Å². The molecule has 1 rings (SSSR count). The van der Waals surface area contributed by atoms with Crippen LogP contribution in [0.15, 0.2) is 0 Å². The first kappa shape index (κ1) is 11.8. The zero-order valence-corrected chi connectivity index (χ0v) is 10.5. The monoisotopic (exact) mass is 232 g/mol. The quantitative estimate of drug-likeness (QED) is 0.674. The van der Waals surface area contributed by atoms with Crippen LogP contribution in [-0.2, 0) is 4.79 Å². The minimum absolute atomic E-state index is 0.167. The van der Waals surface area contributed by atoms with Crippen molar-refractivity contribution in [2.75, 3.05) is 20.6 Å². The maximum absolute atomic E-state index is 11.4. The summed E-state index contributed by atoms with van der Waals surface area (Å²) in [7, 11) is 3.85. The van der Waals surface area contributed by atoms with Gasteiger partial charge in [-0.15, -0.1) is 0 Å². The van der Waals surface area contributed by atoms with Crippen LogP contribution in [0.25, 0.3) is 0 Å². The van der Waals surface area contributed by atoms with Gasteiger partial charge in [-0.05, 0) is 13.3 Å². The molecule has 0 aromatic rings. The Kier molecular flexibility index (Phi) is 4.19. The molecule has 0 aromatic carbocycles. The highest BCUT2D eigenvalue weighted by Crippen LogP contribution is 2.23. The zero-order valence-electron chi connectivity index (χ0n) is 8.82. The first-order valence-electron chi connectivity index (χ1n) is 4.70. The number of nitrogens with zero attached hydrogens (tertiary/aromatic N) is 2. The second-order valence-electron chi connectivity index (χ2n) is 3.57. The summed E-state index contributed by atoms with van der Waals surface area (Å²) < 4.78 is 0.831. The van der Waals surface area contributed by atoms with Crippen LogP contribution in [0, 0.1) is 0 Å². The molecule has 0 spiro atoms. The van der Waals surface area contributed by atoms with E-state index in [1.165, 1.54) is 0 Å². The molecule has 1 saturated heterocycles. The number of rotatable bonds is 2. The predicted molar refractivity (Wildman–Crippen MR) is 64.3 cm³/mol. The third-order valence-electron chi connectivity index (χ3n) is 2.19. The van der Waals surface area contributed by atoms with Gasteiger partial charge in [-0.25, -0.2) is 0 Å². The second-order valence-corrected chi connectivity index (χ2v) is 5.52. The summed E-state index contributed by atoms with van der Waals surface area (Å²) in [5.74, 6) is 0.256. The number of carbonyl (C=O) groups excluding carboxylic acids is 1. The fourth-order valence-corrected chi connectivity index (χ4v) is 2.64. The maximum atomic E-state index is 11.4. The van der Waals surface area contributed by atoms with Crippen molar-refractivity contribution in [1.82, 2.24) is 9.80 Å². The third-order valence-corrected chi connectivity index (χ3v) is 4.00. The van der Waals surface area contributed by atoms with Gasteiger partial charge < -0.3 is 9.80 Å². The van der Waals surface area contributed by atoms with Crippen LogP contribution in [0.3, 0.4) is 0 Å². The van der Waals surface area contributed by atoms with Gasteiger partial charge in [-0.2, -0.15) is 0 Å². The molecule has 5 heteroatoms. The van der Waals surface area contributed by atoms with Crippen LogP contribution in [0.2, 0.25) is 0 Å². The van der Waals surface area contributed by atoms with Crippen molar-refractivity contribution < 1.29 is 4.79 Å². The number of amides is 1. The molecule has 1 amide bonds. The normalized spacial score (nSPS) is 18.5. The molecule has 80 valence electrons. The second kappa shape index (κ2) is 4.98. The lowest BCUT2D eigenvalue weighted by molar-refractivity contribution is -0.128. The zero-order chi connectivity index (χ0) is 10.7. The molecular weight excluding hydrogens is 216 g/mol. The molecule has 0 unspecified atom stereocenters. The summed E-state index contributed by atoms with van der Waals surface area (Å²) in [6.45, 7) is 2.91. The van der Waals surface area contributed by atoms with Crippen LogP contribution >= 0.6 is 24.0 Å². The van der Waals surface area contributed by atoms with E-state index in [9.17, 15) is 4.79 Å². The topological polar surface area (TPSA) is 23.6 Å². The fourth-order valence-electron chi connectivity index (χ4n) is 1.37. The van der Waals surface area contributed by atoms with Gasteiger partial charge in [0.2, 0.25) is 5.91 Å². The molecule has 0 N–H and O–H groups in total. The van der Waals surface area contributed by atoms with E-state index in [1.54, 1.807) is 11.8 Å². The van der Waals surface area contributed by atoms with Crippen molar-refractivity contribution in [3.8, 4) is 0 Å². The first-order chi connectivity index (χ1) is 6.52. The average molecular weight is 232 g/mol. The Morgan fingerprint density at radius 1 is 1.64 bits per heavy atom. The fraction of sp³-hybridized carbons (Fsp3) is 0.778. The highest BCUT2D eigenvalue weighted by atomic mass is 32.2. The SMILES string of the molecule is C[C@H](SC(=S)N(C)C)N1CCCC1=O. The van der Waals surface area contributed by atoms with E-state index in [4.69, 9.17) is 12.2 Å². The van der Waals surface area contributed by atoms with E-state index in [-0.39, 0.29) is 11.3 Å². The van der Waals surface area contributed by atoms with Crippen LogP contribution in [0.5, 0.6) is 0 Å². The minimum Gasteiger partial charge on any atom is -0.364 e. The number of thiocarbonyl (C=S) groups is 1. The van der Waals surface area contributed by atoms with Gasteiger partial charge >= 0.3 is 0 Å². The average Bonchev–Trinajstić information content (AvgIpc) is 2.51. The van der Waals surface area contributed by atoms with E-state index < -0.39 is 0 Å². The van der Waals surface area contributed by atoms with Crippen LogP contribution in [0.1, 0.15) is 19.8 Å². The molecule has 1 aliphatic heterocycles. The van der Waals surface area contributed by atoms with Gasteiger partial charge in [0.15, 0.2) is 0 Å². The Hall–Kier alpha value is -0.290. The first-order valence-corrected chi connectivity index (χ1v) is 5.98. The Labute approximate surface area is 94.8 Å². The van der Waals surface area contributed by atoms with Gasteiger partial charge in [0.1, 0.15) is 4.32 Å². The summed E-state index contributed by atoms with van der Waals surface area (Å²) in [4.78, 5) is 15.2. The Morgan fingerprint density at radius 3 is 2.71 bits per heavy atom. The van der Waals surface area contributed by atoms with Crippen molar-refractivity contribution in [2.45, 2.75) is 25.1 Å². The smallest absolute Gasteiger partial charge is 0.223 e. The van der Waals surface area contributed by atoms with Crippen molar-refractivity contribution in [1.29, 1.82) is 0 Å². The summed E-state index contributed by atoms with van der Waals surface area (Å²) in [5.41, 5.74) is 0. The number of carbonyl (C=O) groups is 1. The molecule has 0 aromatic heterocycles. The lowest BCUT2D eigenvalue weighted by Gasteiger charge is -2.25. The number of hydrogen-bond donors (Lipinski definition) is 0. The maximum Gasteiger partial charge on any atom is 0.223 e. The van der Waals surface area contributed by atoms with Gasteiger partial charge in [-0.3, -0.25) is 4.79 Å². The minimum atomic E-state index is 0.167. The lowest BCUT2D eigenvalue weighted by Crippen LogP contribution is -2.33. The molecule has 0 aliphatic carbocycles. The number of hydrogen-bond acceptors (Lipinski definition) is 3. The van der Waals surface area contributed by atoms with Gasteiger partial charge in [-0.1, -0.05) is 24.0 Å². The van der Waals surface area contributed by atoms with Crippen LogP contribution in [-0.4, -0.2) is 46.0 Å². The van der Waals surface area contributed by atoms with Crippen molar-refractivity contribution >= 4 is 34.2 Å². The molecule has 14 heavy (non-hydrogen) atoms. The Bertz CT molecular complexity index is 243. The predicted octanol–water partition coefficient (Wildman–Crippen LogP) is 1.53. The molecular formula is C9H16N2OS2. The molecule has 1 atom stereocenters. The highest BCUT2D eigenvalue weighted by molar-refractivity contribution is 8.23. The molecule has 1 heterocycles. The molecule has 0 saturated carbocycles. The van der Waals surface area contributed by atoms with Crippen molar-refractivity contribution in [3.63, 3.8) is 0 Å². The summed E-state index contributed by atoms with van der Waals surface area (Å²) in [5, 5.41) is 0.167. The van der Waals surface area contributed by atoms with E-state index in [2.05, 4.69) is 0 Å². The van der Waals surface area contributed by atoms with Gasteiger partial charge in [0.25, 0.3) is 0 Å². The van der Waals surface area contributed by atoms with E-state index in [0.717, 1.165) is 17.3 Å². The van der Waals surface area contributed by atoms with Crippen molar-refractivity contribution in [2.24, 2.45) is 0 Å². The molecule has 0 bridgehead atoms. The third kappa shape index (κ3) is 2.85. The Morgan fingerprint density at radius 2 is 2.29 bits per heavy atom. The highest BCUT2D eigenvalue weighted by Gasteiger charge is 2.26. The van der Waals surface area contributed by atoms with E-state index >= 15 is 0 Å². The largest absolute Gasteiger partial charge is 0.364 e.